The summed E-state index contributed by atoms with van der Waals surface area (Å²) in [6.07, 6.45) is 0. The number of nitrogens with zero attached hydrogens (tertiary/aromatic N) is 3. The van der Waals surface area contributed by atoms with Crippen LogP contribution in [0.2, 0.25) is 0 Å². The van der Waals surface area contributed by atoms with Crippen molar-refractivity contribution in [3.8, 4) is 5.75 Å². The number of para-hydroxylation sites is 1. The van der Waals surface area contributed by atoms with E-state index in [1.807, 2.05) is 58.0 Å². The van der Waals surface area contributed by atoms with E-state index in [4.69, 9.17) is 4.74 Å². The monoisotopic (exact) mass is 438 g/mol. The highest BCUT2D eigenvalue weighted by molar-refractivity contribution is 7.03. The molecule has 0 saturated heterocycles. The molecule has 0 radical (unpaired) electrons. The summed E-state index contributed by atoms with van der Waals surface area (Å²) >= 11 is 1.09. The number of aromatic nitrogens is 2. The Labute approximate surface area is 186 Å². The van der Waals surface area contributed by atoms with Gasteiger partial charge < -0.3 is 10.1 Å². The second-order valence-corrected chi connectivity index (χ2v) is 8.78. The Morgan fingerprint density at radius 1 is 1.13 bits per heavy atom. The molecule has 0 fully saturated rings. The average molecular weight is 439 g/mol. The number of nitrogens with one attached hydrogen (secondary N) is 1. The summed E-state index contributed by atoms with van der Waals surface area (Å²) in [7, 11) is 1.56. The quantitative estimate of drug-likeness (QED) is 0.625. The fourth-order valence-corrected chi connectivity index (χ4v) is 3.68. The largest absolute Gasteiger partial charge is 0.497 e. The molecule has 1 atom stereocenters. The Bertz CT molecular complexity index is 1060. The molecule has 3 aromatic rings. The number of hydrogen-bond acceptors (Lipinski definition) is 6. The Morgan fingerprint density at radius 2 is 1.87 bits per heavy atom. The van der Waals surface area contributed by atoms with Gasteiger partial charge >= 0.3 is 0 Å². The number of methoxy groups -OCH3 is 1. The van der Waals surface area contributed by atoms with E-state index in [9.17, 15) is 9.59 Å². The molecule has 1 heterocycles. The standard InChI is InChI=1S/C23H26N4O3S/c1-15-9-6-7-12-19(15)27(22(29)18-14-31-26-25-18)20(21(28)24-23(2,3)4)16-10-8-11-17(13-16)30-5/h6-14,20H,1-5H3,(H,24,28)/t20-/m0/s1. The molecule has 7 nitrogen and oxygen atoms in total. The van der Waals surface area contributed by atoms with Crippen molar-refractivity contribution >= 4 is 29.0 Å². The summed E-state index contributed by atoms with van der Waals surface area (Å²) < 4.78 is 9.20. The van der Waals surface area contributed by atoms with Crippen molar-refractivity contribution in [2.24, 2.45) is 0 Å². The maximum atomic E-state index is 13.6. The van der Waals surface area contributed by atoms with E-state index in [2.05, 4.69) is 14.9 Å². The van der Waals surface area contributed by atoms with Crippen LogP contribution in [0, 0.1) is 6.92 Å². The lowest BCUT2D eigenvalue weighted by molar-refractivity contribution is -0.123. The molecular formula is C23H26N4O3S. The van der Waals surface area contributed by atoms with E-state index >= 15 is 0 Å². The minimum absolute atomic E-state index is 0.185. The highest BCUT2D eigenvalue weighted by atomic mass is 32.1. The summed E-state index contributed by atoms with van der Waals surface area (Å²) in [4.78, 5) is 28.7. The third-order valence-electron chi connectivity index (χ3n) is 4.59. The minimum atomic E-state index is -0.940. The molecule has 8 heteroatoms. The molecular weight excluding hydrogens is 412 g/mol. The van der Waals surface area contributed by atoms with Crippen LogP contribution in [0.1, 0.15) is 48.4 Å². The molecule has 0 bridgehead atoms. The smallest absolute Gasteiger partial charge is 0.280 e. The fraction of sp³-hybridized carbons (Fsp3) is 0.304. The SMILES string of the molecule is COc1cccc([C@@H](C(=O)NC(C)(C)C)N(C(=O)c2csnn2)c2ccccc2C)c1. The number of rotatable bonds is 6. The second kappa shape index (κ2) is 9.26. The second-order valence-electron chi connectivity index (χ2n) is 8.17. The number of carbonyl (C=O) groups excluding carboxylic acids is 2. The van der Waals surface area contributed by atoms with Crippen LogP contribution in [-0.4, -0.2) is 34.1 Å². The zero-order chi connectivity index (χ0) is 22.6. The first-order chi connectivity index (χ1) is 14.7. The fourth-order valence-electron chi connectivity index (χ4n) is 3.25. The van der Waals surface area contributed by atoms with E-state index in [1.165, 1.54) is 4.90 Å². The molecule has 0 spiro atoms. The van der Waals surface area contributed by atoms with E-state index in [1.54, 1.807) is 30.7 Å². The molecule has 0 aliphatic rings. The van der Waals surface area contributed by atoms with Gasteiger partial charge in [-0.3, -0.25) is 14.5 Å². The molecule has 0 aliphatic carbocycles. The maximum absolute atomic E-state index is 13.6. The van der Waals surface area contributed by atoms with Crippen LogP contribution in [0.15, 0.2) is 53.9 Å². The van der Waals surface area contributed by atoms with Crippen LogP contribution >= 0.6 is 11.5 Å². The third kappa shape index (κ3) is 5.27. The molecule has 0 aliphatic heterocycles. The van der Waals surface area contributed by atoms with Gasteiger partial charge in [0.1, 0.15) is 11.8 Å². The lowest BCUT2D eigenvalue weighted by Crippen LogP contribution is -2.49. The summed E-state index contributed by atoms with van der Waals surface area (Å²) in [5, 5.41) is 8.56. The van der Waals surface area contributed by atoms with Crippen molar-refractivity contribution in [3.05, 3.63) is 70.7 Å². The normalized spacial score (nSPS) is 12.2. The van der Waals surface area contributed by atoms with Gasteiger partial charge in [0, 0.05) is 16.6 Å². The van der Waals surface area contributed by atoms with Crippen molar-refractivity contribution in [2.45, 2.75) is 39.3 Å². The van der Waals surface area contributed by atoms with Crippen LogP contribution < -0.4 is 15.0 Å². The Hall–Kier alpha value is -3.26. The van der Waals surface area contributed by atoms with E-state index < -0.39 is 17.5 Å². The van der Waals surface area contributed by atoms with Crippen molar-refractivity contribution in [1.29, 1.82) is 0 Å². The van der Waals surface area contributed by atoms with Crippen LogP contribution in [0.5, 0.6) is 5.75 Å². The highest BCUT2D eigenvalue weighted by Gasteiger charge is 2.36. The van der Waals surface area contributed by atoms with Crippen molar-refractivity contribution in [1.82, 2.24) is 14.9 Å². The predicted octanol–water partition coefficient (Wildman–Crippen LogP) is 4.16. The number of amides is 2. The van der Waals surface area contributed by atoms with Crippen LogP contribution in [0.25, 0.3) is 0 Å². The zero-order valence-electron chi connectivity index (χ0n) is 18.2. The van der Waals surface area contributed by atoms with Gasteiger partial charge in [0.05, 0.1) is 7.11 Å². The number of aryl methyl sites for hydroxylation is 1. The molecule has 1 N–H and O–H groups in total. The molecule has 1 aromatic heterocycles. The summed E-state index contributed by atoms with van der Waals surface area (Å²) in [6.45, 7) is 7.60. The van der Waals surface area contributed by atoms with Gasteiger partial charge in [-0.2, -0.15) is 0 Å². The first-order valence-corrected chi connectivity index (χ1v) is 10.7. The molecule has 31 heavy (non-hydrogen) atoms. The van der Waals surface area contributed by atoms with Gasteiger partial charge in [-0.25, -0.2) is 0 Å². The highest BCUT2D eigenvalue weighted by Crippen LogP contribution is 2.33. The van der Waals surface area contributed by atoms with E-state index in [0.717, 1.165) is 17.1 Å². The first kappa shape index (κ1) is 22.4. The van der Waals surface area contributed by atoms with Gasteiger partial charge in [-0.05, 0) is 68.6 Å². The zero-order valence-corrected chi connectivity index (χ0v) is 19.1. The molecule has 2 amide bonds. The number of anilines is 1. The average Bonchev–Trinajstić information content (AvgIpc) is 3.26. The molecule has 0 saturated carbocycles. The summed E-state index contributed by atoms with van der Waals surface area (Å²) in [5.41, 5.74) is 1.80. The van der Waals surface area contributed by atoms with Crippen LogP contribution in [0.4, 0.5) is 5.69 Å². The van der Waals surface area contributed by atoms with Crippen LogP contribution in [0.3, 0.4) is 0 Å². The Morgan fingerprint density at radius 3 is 2.48 bits per heavy atom. The minimum Gasteiger partial charge on any atom is -0.497 e. The van der Waals surface area contributed by atoms with Gasteiger partial charge in [-0.15, -0.1) is 5.10 Å². The van der Waals surface area contributed by atoms with Gasteiger partial charge in [-0.1, -0.05) is 34.8 Å². The van der Waals surface area contributed by atoms with Gasteiger partial charge in [0.15, 0.2) is 5.69 Å². The third-order valence-corrected chi connectivity index (χ3v) is 5.09. The Kier molecular flexibility index (Phi) is 6.70. The molecule has 2 aromatic carbocycles. The van der Waals surface area contributed by atoms with Crippen molar-refractivity contribution < 1.29 is 14.3 Å². The topological polar surface area (TPSA) is 84.4 Å². The van der Waals surface area contributed by atoms with E-state index in [0.29, 0.717) is 17.0 Å². The van der Waals surface area contributed by atoms with Crippen LogP contribution in [-0.2, 0) is 4.79 Å². The lowest BCUT2D eigenvalue weighted by Gasteiger charge is -2.34. The predicted molar refractivity (Wildman–Crippen MR) is 122 cm³/mol. The van der Waals surface area contributed by atoms with Gasteiger partial charge in [0.2, 0.25) is 5.91 Å². The molecule has 3 rings (SSSR count). The number of carbonyl (C=O) groups is 2. The van der Waals surface area contributed by atoms with Crippen molar-refractivity contribution in [2.75, 3.05) is 12.0 Å². The lowest BCUT2D eigenvalue weighted by atomic mass is 9.99. The number of benzene rings is 2. The maximum Gasteiger partial charge on any atom is 0.280 e. The van der Waals surface area contributed by atoms with E-state index in [-0.39, 0.29) is 11.6 Å². The number of ether oxygens (including phenoxy) is 1. The summed E-state index contributed by atoms with van der Waals surface area (Å²) in [6, 6.07) is 13.7. The van der Waals surface area contributed by atoms with Crippen molar-refractivity contribution in [3.63, 3.8) is 0 Å². The summed E-state index contributed by atoms with van der Waals surface area (Å²) in [5.74, 6) is -0.112. The molecule has 0 unspecified atom stereocenters. The first-order valence-electron chi connectivity index (χ1n) is 9.83. The number of hydrogen-bond donors (Lipinski definition) is 1. The molecule has 162 valence electrons. The Balaban J connectivity index is 2.22. The van der Waals surface area contributed by atoms with Gasteiger partial charge in [0.25, 0.3) is 5.91 Å².